The first-order valence-electron chi connectivity index (χ1n) is 7.40. The molecule has 0 unspecified atom stereocenters. The second-order valence-electron chi connectivity index (χ2n) is 5.62. The van der Waals surface area contributed by atoms with Crippen LogP contribution < -0.4 is 5.32 Å². The molecule has 2 N–H and O–H groups in total. The molecule has 1 aliphatic rings. The maximum atomic E-state index is 12.8. The Labute approximate surface area is 165 Å². The van der Waals surface area contributed by atoms with Crippen LogP contribution in [0, 0.1) is 0 Å². The Balaban J connectivity index is 2.06. The number of rotatable bonds is 2. The zero-order chi connectivity index (χ0) is 19.1. The minimum Gasteiger partial charge on any atom is -0.494 e. The van der Waals surface area contributed by atoms with E-state index in [9.17, 15) is 18.3 Å². The van der Waals surface area contributed by atoms with Gasteiger partial charge >= 0.3 is 0 Å². The van der Waals surface area contributed by atoms with Gasteiger partial charge in [-0.2, -0.15) is 0 Å². The van der Waals surface area contributed by atoms with Gasteiger partial charge in [0.15, 0.2) is 21.5 Å². The topological polar surface area (TPSA) is 83.5 Å². The number of carbonyl (C=O) groups excluding carboxylic acids is 1. The number of sulfone groups is 1. The number of aliphatic hydroxyl groups excluding tert-OH is 1. The lowest BCUT2D eigenvalue weighted by Crippen LogP contribution is -2.11. The van der Waals surface area contributed by atoms with Gasteiger partial charge in [-0.3, -0.25) is 4.79 Å². The van der Waals surface area contributed by atoms with Crippen LogP contribution in [0.2, 0.25) is 15.1 Å². The zero-order valence-corrected chi connectivity index (χ0v) is 16.2. The third-order valence-electron chi connectivity index (χ3n) is 3.88. The number of benzene rings is 2. The monoisotopic (exact) mass is 431 g/mol. The van der Waals surface area contributed by atoms with E-state index in [1.807, 2.05) is 0 Å². The Morgan fingerprint density at radius 1 is 1.04 bits per heavy atom. The lowest BCUT2D eigenvalue weighted by atomic mass is 10.0. The van der Waals surface area contributed by atoms with Gasteiger partial charge in [-0.25, -0.2) is 8.42 Å². The Bertz CT molecular complexity index is 1050. The number of hydrogen-bond donors (Lipinski definition) is 2. The fourth-order valence-electron chi connectivity index (χ4n) is 2.59. The van der Waals surface area contributed by atoms with E-state index in [0.717, 1.165) is 0 Å². The van der Waals surface area contributed by atoms with Crippen molar-refractivity contribution in [2.75, 3.05) is 11.1 Å². The summed E-state index contributed by atoms with van der Waals surface area (Å²) < 4.78 is 24.8. The molecule has 2 aromatic rings. The standard InChI is InChI=1S/C17H12Cl3NO4S/c18-9-1-4-15-12(7-9)16(22)11(5-6-26(15,24)25)17(23)21-10-2-3-13(19)14(20)8-10/h1-4,7-8,21,23H,5-6H2/b17-11+. The lowest BCUT2D eigenvalue weighted by molar-refractivity contribution is 0.102. The van der Waals surface area contributed by atoms with Crippen LogP contribution in [-0.2, 0) is 9.84 Å². The van der Waals surface area contributed by atoms with Crippen LogP contribution in [0.15, 0.2) is 52.7 Å². The summed E-state index contributed by atoms with van der Waals surface area (Å²) in [5.41, 5.74) is 0.281. The summed E-state index contributed by atoms with van der Waals surface area (Å²) in [5.74, 6) is -1.36. The number of aliphatic hydroxyl groups is 1. The molecule has 0 fully saturated rings. The van der Waals surface area contributed by atoms with E-state index in [1.165, 1.54) is 30.3 Å². The third-order valence-corrected chi connectivity index (χ3v) is 6.63. The molecular weight excluding hydrogens is 421 g/mol. The van der Waals surface area contributed by atoms with Gasteiger partial charge in [-0.05, 0) is 42.8 Å². The third kappa shape index (κ3) is 3.69. The molecule has 1 heterocycles. The van der Waals surface area contributed by atoms with Crippen molar-refractivity contribution >= 4 is 56.1 Å². The summed E-state index contributed by atoms with van der Waals surface area (Å²) >= 11 is 17.7. The number of Topliss-reactive ketones (excluding diaryl/α,β-unsaturated/α-hetero) is 1. The van der Waals surface area contributed by atoms with Gasteiger partial charge in [0.2, 0.25) is 0 Å². The number of hydrogen-bond acceptors (Lipinski definition) is 5. The quantitative estimate of drug-likeness (QED) is 0.521. The molecule has 0 saturated carbocycles. The summed E-state index contributed by atoms with van der Waals surface area (Å²) in [7, 11) is -3.67. The molecule has 9 heteroatoms. The van der Waals surface area contributed by atoms with Crippen molar-refractivity contribution < 1.29 is 18.3 Å². The summed E-state index contributed by atoms with van der Waals surface area (Å²) in [6.45, 7) is 0. The Morgan fingerprint density at radius 2 is 1.77 bits per heavy atom. The largest absolute Gasteiger partial charge is 0.494 e. The summed E-state index contributed by atoms with van der Waals surface area (Å²) in [6, 6.07) is 8.56. The number of halogens is 3. The van der Waals surface area contributed by atoms with Gasteiger partial charge in [-0.1, -0.05) is 34.8 Å². The molecule has 0 bridgehead atoms. The van der Waals surface area contributed by atoms with E-state index in [0.29, 0.717) is 10.7 Å². The predicted octanol–water partition coefficient (Wildman–Crippen LogP) is 4.89. The first-order chi connectivity index (χ1) is 12.2. The van der Waals surface area contributed by atoms with Gasteiger partial charge in [0.25, 0.3) is 0 Å². The molecule has 0 radical (unpaired) electrons. The number of ketones is 1. The molecule has 1 aliphatic heterocycles. The average molecular weight is 433 g/mol. The van der Waals surface area contributed by atoms with Crippen LogP contribution in [0.5, 0.6) is 0 Å². The van der Waals surface area contributed by atoms with Crippen molar-refractivity contribution in [1.82, 2.24) is 0 Å². The maximum absolute atomic E-state index is 12.8. The molecule has 0 atom stereocenters. The second-order valence-corrected chi connectivity index (χ2v) is 8.95. The molecule has 0 amide bonds. The highest BCUT2D eigenvalue weighted by Crippen LogP contribution is 2.31. The Kier molecular flexibility index (Phi) is 5.21. The molecule has 136 valence electrons. The van der Waals surface area contributed by atoms with Crippen LogP contribution in [0.3, 0.4) is 0 Å². The van der Waals surface area contributed by atoms with E-state index < -0.39 is 21.5 Å². The van der Waals surface area contributed by atoms with Gasteiger partial charge in [0.1, 0.15) is 0 Å². The average Bonchev–Trinajstić information content (AvgIpc) is 2.66. The van der Waals surface area contributed by atoms with Crippen LogP contribution in [0.4, 0.5) is 5.69 Å². The summed E-state index contributed by atoms with van der Waals surface area (Å²) in [4.78, 5) is 12.7. The number of allylic oxidation sites excluding steroid dienone is 1. The first kappa shape index (κ1) is 19.0. The van der Waals surface area contributed by atoms with Crippen molar-refractivity contribution in [3.8, 4) is 0 Å². The highest BCUT2D eigenvalue weighted by Gasteiger charge is 2.31. The first-order valence-corrected chi connectivity index (χ1v) is 10.2. The Hall–Kier alpha value is -1.73. The zero-order valence-electron chi connectivity index (χ0n) is 13.1. The lowest BCUT2D eigenvalue weighted by Gasteiger charge is -2.11. The van der Waals surface area contributed by atoms with E-state index >= 15 is 0 Å². The number of carbonyl (C=O) groups is 1. The van der Waals surface area contributed by atoms with E-state index in [2.05, 4.69) is 5.32 Å². The molecule has 5 nitrogen and oxygen atoms in total. The minimum atomic E-state index is -3.67. The van der Waals surface area contributed by atoms with Crippen LogP contribution in [0.1, 0.15) is 16.8 Å². The van der Waals surface area contributed by atoms with E-state index in [-0.39, 0.29) is 38.3 Å². The number of fused-ring (bicyclic) bond motifs is 1. The van der Waals surface area contributed by atoms with Crippen molar-refractivity contribution in [3.63, 3.8) is 0 Å². The second kappa shape index (κ2) is 7.12. The number of nitrogens with one attached hydrogen (secondary N) is 1. The van der Waals surface area contributed by atoms with Crippen molar-refractivity contribution in [3.05, 3.63) is 68.5 Å². The van der Waals surface area contributed by atoms with E-state index in [4.69, 9.17) is 34.8 Å². The SMILES string of the molecule is O=C1/C(=C(/O)Nc2ccc(Cl)c(Cl)c2)CCS(=O)(=O)c2ccc(Cl)cc21. The Morgan fingerprint density at radius 3 is 2.46 bits per heavy atom. The molecule has 3 rings (SSSR count). The van der Waals surface area contributed by atoms with Gasteiger partial charge in [0.05, 0.1) is 26.3 Å². The normalized spacial score (nSPS) is 18.0. The fourth-order valence-corrected chi connectivity index (χ4v) is 4.51. The number of anilines is 1. The van der Waals surface area contributed by atoms with E-state index in [1.54, 1.807) is 6.07 Å². The molecular formula is C17H12Cl3NO4S. The smallest absolute Gasteiger partial charge is 0.195 e. The minimum absolute atomic E-state index is 0.0549. The molecule has 0 aromatic heterocycles. The molecule has 26 heavy (non-hydrogen) atoms. The van der Waals surface area contributed by atoms with Crippen molar-refractivity contribution in [1.29, 1.82) is 0 Å². The van der Waals surface area contributed by atoms with Gasteiger partial charge in [0, 0.05) is 16.3 Å². The molecule has 0 aliphatic carbocycles. The van der Waals surface area contributed by atoms with Crippen LogP contribution in [-0.4, -0.2) is 25.1 Å². The predicted molar refractivity (Wildman–Crippen MR) is 102 cm³/mol. The van der Waals surface area contributed by atoms with Crippen molar-refractivity contribution in [2.45, 2.75) is 11.3 Å². The summed E-state index contributed by atoms with van der Waals surface area (Å²) in [6.07, 6.45) is -0.145. The van der Waals surface area contributed by atoms with Gasteiger partial charge < -0.3 is 10.4 Å². The van der Waals surface area contributed by atoms with Crippen molar-refractivity contribution in [2.24, 2.45) is 0 Å². The van der Waals surface area contributed by atoms with Crippen LogP contribution in [0.25, 0.3) is 0 Å². The molecule has 2 aromatic carbocycles. The maximum Gasteiger partial charge on any atom is 0.195 e. The highest BCUT2D eigenvalue weighted by atomic mass is 35.5. The van der Waals surface area contributed by atoms with Gasteiger partial charge in [-0.15, -0.1) is 0 Å². The fraction of sp³-hybridized carbons (Fsp3) is 0.118. The summed E-state index contributed by atoms with van der Waals surface area (Å²) in [5, 5.41) is 13.9. The molecule has 0 saturated heterocycles. The highest BCUT2D eigenvalue weighted by molar-refractivity contribution is 7.91. The van der Waals surface area contributed by atoms with Crippen LogP contribution >= 0.6 is 34.8 Å². The molecule has 0 spiro atoms.